The summed E-state index contributed by atoms with van der Waals surface area (Å²) in [6.45, 7) is 1.26. The highest BCUT2D eigenvalue weighted by atomic mass is 16.6. The van der Waals surface area contributed by atoms with Gasteiger partial charge >= 0.3 is 0 Å². The highest BCUT2D eigenvalue weighted by Crippen LogP contribution is 2.39. The van der Waals surface area contributed by atoms with E-state index in [-0.39, 0.29) is 12.0 Å². The molecule has 26 heavy (non-hydrogen) atoms. The molecule has 0 aromatic heterocycles. The summed E-state index contributed by atoms with van der Waals surface area (Å²) in [5, 5.41) is 6.94. The van der Waals surface area contributed by atoms with Gasteiger partial charge < -0.3 is 29.1 Å². The van der Waals surface area contributed by atoms with Gasteiger partial charge in [-0.25, -0.2) is 0 Å². The molecular formula is C18H24N2O6. The Kier molecular flexibility index (Phi) is 5.82. The third-order valence-corrected chi connectivity index (χ3v) is 4.49. The van der Waals surface area contributed by atoms with Crippen molar-refractivity contribution in [1.82, 2.24) is 5.32 Å². The van der Waals surface area contributed by atoms with Gasteiger partial charge in [0.15, 0.2) is 11.5 Å². The van der Waals surface area contributed by atoms with E-state index in [0.29, 0.717) is 35.9 Å². The number of carbonyl (C=O) groups excluding carboxylic acids is 1. The lowest BCUT2D eigenvalue weighted by atomic mass is 10.0. The zero-order valence-corrected chi connectivity index (χ0v) is 15.2. The fraction of sp³-hybridized carbons (Fsp3) is 0.556. The summed E-state index contributed by atoms with van der Waals surface area (Å²) in [6, 6.07) is 3.58. The smallest absolute Gasteiger partial charge is 0.264 e. The number of amides is 1. The number of nitrogens with zero attached hydrogens (tertiary/aromatic N) is 1. The van der Waals surface area contributed by atoms with Gasteiger partial charge in [-0.05, 0) is 25.0 Å². The number of methoxy groups -OCH3 is 3. The van der Waals surface area contributed by atoms with E-state index in [4.69, 9.17) is 23.8 Å². The Balaban J connectivity index is 1.65. The molecule has 0 bridgehead atoms. The molecule has 0 spiro atoms. The lowest BCUT2D eigenvalue weighted by Gasteiger charge is -2.14. The number of benzene rings is 1. The van der Waals surface area contributed by atoms with Gasteiger partial charge in [0.25, 0.3) is 5.91 Å². The molecule has 2 atom stereocenters. The zero-order chi connectivity index (χ0) is 18.5. The number of oxime groups is 1. The lowest BCUT2D eigenvalue weighted by Crippen LogP contribution is -2.39. The molecule has 8 nitrogen and oxygen atoms in total. The average Bonchev–Trinajstić information content (AvgIpc) is 3.36. The first kappa shape index (κ1) is 18.3. The second-order valence-corrected chi connectivity index (χ2v) is 6.13. The second-order valence-electron chi connectivity index (χ2n) is 6.13. The van der Waals surface area contributed by atoms with Crippen LogP contribution in [0, 0.1) is 0 Å². The summed E-state index contributed by atoms with van der Waals surface area (Å²) in [5.74, 6) is 1.36. The highest BCUT2D eigenvalue weighted by Gasteiger charge is 2.30. The first-order valence-corrected chi connectivity index (χ1v) is 8.58. The predicted octanol–water partition coefficient (Wildman–Crippen LogP) is 1.50. The minimum Gasteiger partial charge on any atom is -0.493 e. The molecule has 1 aromatic carbocycles. The van der Waals surface area contributed by atoms with Crippen LogP contribution in [0.25, 0.3) is 0 Å². The molecule has 0 aliphatic carbocycles. The minimum atomic E-state index is -0.648. The largest absolute Gasteiger partial charge is 0.493 e. The molecular weight excluding hydrogens is 340 g/mol. The molecule has 1 amide bonds. The Hall–Kier alpha value is -2.48. The van der Waals surface area contributed by atoms with Crippen LogP contribution >= 0.6 is 0 Å². The second kappa shape index (κ2) is 8.27. The van der Waals surface area contributed by atoms with E-state index in [9.17, 15) is 4.79 Å². The molecule has 1 aromatic rings. The topological polar surface area (TPSA) is 87.6 Å². The van der Waals surface area contributed by atoms with E-state index in [1.165, 1.54) is 0 Å². The zero-order valence-electron chi connectivity index (χ0n) is 15.2. The normalized spacial score (nSPS) is 21.7. The molecule has 0 saturated carbocycles. The van der Waals surface area contributed by atoms with Crippen LogP contribution in [0.3, 0.4) is 0 Å². The van der Waals surface area contributed by atoms with E-state index in [0.717, 1.165) is 25.0 Å². The number of rotatable bonds is 7. The van der Waals surface area contributed by atoms with Crippen LogP contribution in [-0.2, 0) is 14.4 Å². The predicted molar refractivity (Wildman–Crippen MR) is 94.1 cm³/mol. The van der Waals surface area contributed by atoms with Crippen LogP contribution in [0.2, 0.25) is 0 Å². The maximum Gasteiger partial charge on any atom is 0.264 e. The Morgan fingerprint density at radius 2 is 1.96 bits per heavy atom. The SMILES string of the molecule is COc1cc(C2=NO[C@H](C(=O)NC[C@@H]3CCCO3)C2)cc(OC)c1OC. The Labute approximate surface area is 152 Å². The van der Waals surface area contributed by atoms with Crippen molar-refractivity contribution in [2.75, 3.05) is 34.5 Å². The third-order valence-electron chi connectivity index (χ3n) is 4.49. The number of hydrogen-bond acceptors (Lipinski definition) is 7. The molecule has 142 valence electrons. The molecule has 2 heterocycles. The Morgan fingerprint density at radius 1 is 1.23 bits per heavy atom. The van der Waals surface area contributed by atoms with Crippen LogP contribution in [0.1, 0.15) is 24.8 Å². The average molecular weight is 364 g/mol. The van der Waals surface area contributed by atoms with Crippen molar-refractivity contribution in [3.05, 3.63) is 17.7 Å². The molecule has 2 aliphatic rings. The summed E-state index contributed by atoms with van der Waals surface area (Å²) in [4.78, 5) is 17.6. The third kappa shape index (κ3) is 3.85. The summed E-state index contributed by atoms with van der Waals surface area (Å²) in [5.41, 5.74) is 1.41. The molecule has 0 unspecified atom stereocenters. The van der Waals surface area contributed by atoms with Crippen molar-refractivity contribution in [2.24, 2.45) is 5.16 Å². The monoisotopic (exact) mass is 364 g/mol. The Bertz CT molecular complexity index is 659. The number of carbonyl (C=O) groups is 1. The summed E-state index contributed by atoms with van der Waals surface area (Å²) >= 11 is 0. The molecule has 1 fully saturated rings. The van der Waals surface area contributed by atoms with Gasteiger partial charge in [-0.1, -0.05) is 5.16 Å². The molecule has 2 aliphatic heterocycles. The molecule has 3 rings (SSSR count). The molecule has 1 saturated heterocycles. The molecule has 8 heteroatoms. The van der Waals surface area contributed by atoms with Crippen LogP contribution in [0.4, 0.5) is 0 Å². The van der Waals surface area contributed by atoms with Crippen molar-refractivity contribution >= 4 is 11.6 Å². The summed E-state index contributed by atoms with van der Waals surface area (Å²) in [6.07, 6.45) is 1.82. The van der Waals surface area contributed by atoms with E-state index in [1.54, 1.807) is 33.5 Å². The van der Waals surface area contributed by atoms with Gasteiger partial charge in [-0.2, -0.15) is 0 Å². The van der Waals surface area contributed by atoms with Crippen molar-refractivity contribution in [2.45, 2.75) is 31.5 Å². The van der Waals surface area contributed by atoms with Gasteiger partial charge in [-0.3, -0.25) is 4.79 Å². The van der Waals surface area contributed by atoms with Crippen molar-refractivity contribution < 1.29 is 28.6 Å². The van der Waals surface area contributed by atoms with Crippen LogP contribution in [-0.4, -0.2) is 58.3 Å². The van der Waals surface area contributed by atoms with E-state index >= 15 is 0 Å². The van der Waals surface area contributed by atoms with Gasteiger partial charge in [0.1, 0.15) is 0 Å². The van der Waals surface area contributed by atoms with E-state index < -0.39 is 6.10 Å². The van der Waals surface area contributed by atoms with Crippen molar-refractivity contribution in [3.8, 4) is 17.2 Å². The molecule has 0 radical (unpaired) electrons. The van der Waals surface area contributed by atoms with Gasteiger partial charge in [0.05, 0.1) is 33.1 Å². The van der Waals surface area contributed by atoms with Crippen LogP contribution < -0.4 is 19.5 Å². The van der Waals surface area contributed by atoms with Gasteiger partial charge in [-0.15, -0.1) is 0 Å². The van der Waals surface area contributed by atoms with Crippen molar-refractivity contribution in [1.29, 1.82) is 0 Å². The fourth-order valence-corrected chi connectivity index (χ4v) is 3.07. The maximum absolute atomic E-state index is 12.3. The van der Waals surface area contributed by atoms with E-state index in [2.05, 4.69) is 10.5 Å². The van der Waals surface area contributed by atoms with Gasteiger partial charge in [0.2, 0.25) is 11.9 Å². The lowest BCUT2D eigenvalue weighted by molar-refractivity contribution is -0.131. The van der Waals surface area contributed by atoms with Crippen LogP contribution in [0.15, 0.2) is 17.3 Å². The molecule has 1 N–H and O–H groups in total. The number of nitrogens with one attached hydrogen (secondary N) is 1. The van der Waals surface area contributed by atoms with Gasteiger partial charge in [0, 0.05) is 25.1 Å². The summed E-state index contributed by atoms with van der Waals surface area (Å²) in [7, 11) is 4.65. The summed E-state index contributed by atoms with van der Waals surface area (Å²) < 4.78 is 21.5. The number of ether oxygens (including phenoxy) is 4. The quantitative estimate of drug-likeness (QED) is 0.789. The first-order chi connectivity index (χ1) is 12.7. The highest BCUT2D eigenvalue weighted by molar-refractivity contribution is 6.04. The minimum absolute atomic E-state index is 0.0934. The Morgan fingerprint density at radius 3 is 2.54 bits per heavy atom. The van der Waals surface area contributed by atoms with Crippen molar-refractivity contribution in [3.63, 3.8) is 0 Å². The maximum atomic E-state index is 12.3. The van der Waals surface area contributed by atoms with E-state index in [1.807, 2.05) is 0 Å². The fourth-order valence-electron chi connectivity index (χ4n) is 3.07. The number of hydrogen-bond donors (Lipinski definition) is 1. The first-order valence-electron chi connectivity index (χ1n) is 8.58. The van der Waals surface area contributed by atoms with Crippen LogP contribution in [0.5, 0.6) is 17.2 Å². The standard InChI is InChI=1S/C18H24N2O6/c1-22-14-7-11(8-15(23-2)17(14)24-3)13-9-16(26-20-13)18(21)19-10-12-5-4-6-25-12/h7-8,12,16H,4-6,9-10H2,1-3H3,(H,19,21)/t12-,16-/m0/s1.